The van der Waals surface area contributed by atoms with Gasteiger partial charge in [-0.05, 0) is 49.4 Å². The van der Waals surface area contributed by atoms with E-state index in [4.69, 9.17) is 25.3 Å². The minimum atomic E-state index is -0.374. The predicted molar refractivity (Wildman–Crippen MR) is 76.5 cm³/mol. The van der Waals surface area contributed by atoms with Gasteiger partial charge in [-0.15, -0.1) is 0 Å². The lowest BCUT2D eigenvalue weighted by molar-refractivity contribution is 0.0463. The second kappa shape index (κ2) is 6.50. The first-order chi connectivity index (χ1) is 10.6. The van der Waals surface area contributed by atoms with Crippen molar-refractivity contribution in [2.45, 2.75) is 25.8 Å². The van der Waals surface area contributed by atoms with Crippen molar-refractivity contribution in [3.8, 4) is 0 Å². The molecule has 1 fully saturated rings. The van der Waals surface area contributed by atoms with E-state index in [1.807, 2.05) is 0 Å². The zero-order valence-corrected chi connectivity index (χ0v) is 12.8. The largest absolute Gasteiger partial charge is 0.440 e. The molecule has 1 atom stereocenters. The van der Waals surface area contributed by atoms with Gasteiger partial charge in [-0.3, -0.25) is 4.79 Å². The van der Waals surface area contributed by atoms with Gasteiger partial charge in [0.05, 0.1) is 0 Å². The molecule has 2 aromatic rings. The Balaban J connectivity index is 1.80. The quantitative estimate of drug-likeness (QED) is 0.928. The summed E-state index contributed by atoms with van der Waals surface area (Å²) < 4.78 is 15.8. The molecule has 2 aromatic heterocycles. The molecule has 1 aliphatic heterocycles. The Bertz CT molecular complexity index is 648. The van der Waals surface area contributed by atoms with Crippen molar-refractivity contribution in [1.29, 1.82) is 0 Å². The van der Waals surface area contributed by atoms with Gasteiger partial charge < -0.3 is 19.0 Å². The molecule has 1 aliphatic rings. The van der Waals surface area contributed by atoms with Gasteiger partial charge in [0.25, 0.3) is 5.91 Å². The van der Waals surface area contributed by atoms with E-state index in [9.17, 15) is 4.79 Å². The van der Waals surface area contributed by atoms with Crippen molar-refractivity contribution in [2.75, 3.05) is 13.2 Å². The average molecular weight is 326 g/mol. The van der Waals surface area contributed by atoms with E-state index in [-0.39, 0.29) is 28.8 Å². The van der Waals surface area contributed by atoms with Crippen LogP contribution in [-0.4, -0.2) is 29.3 Å². The van der Waals surface area contributed by atoms with E-state index in [0.717, 1.165) is 12.8 Å². The van der Waals surface area contributed by atoms with E-state index in [1.54, 1.807) is 6.92 Å². The summed E-state index contributed by atoms with van der Waals surface area (Å²) in [6, 6.07) is 2.68. The van der Waals surface area contributed by atoms with E-state index in [1.165, 1.54) is 12.1 Å². The zero-order valence-electron chi connectivity index (χ0n) is 12.0. The van der Waals surface area contributed by atoms with Crippen LogP contribution in [0.1, 0.15) is 41.2 Å². The van der Waals surface area contributed by atoms with Crippen molar-refractivity contribution >= 4 is 17.5 Å². The summed E-state index contributed by atoms with van der Waals surface area (Å²) >= 11 is 5.71. The first-order valence-electron chi connectivity index (χ1n) is 7.07. The van der Waals surface area contributed by atoms with Crippen LogP contribution >= 0.6 is 11.6 Å². The Morgan fingerprint density at radius 1 is 1.41 bits per heavy atom. The molecule has 3 heterocycles. The van der Waals surface area contributed by atoms with Crippen LogP contribution in [0, 0.1) is 12.8 Å². The van der Waals surface area contributed by atoms with Crippen LogP contribution in [-0.2, 0) is 4.74 Å². The fraction of sp³-hybridized carbons (Fsp3) is 0.500. The van der Waals surface area contributed by atoms with Gasteiger partial charge in [-0.25, -0.2) is 0 Å². The van der Waals surface area contributed by atoms with Crippen molar-refractivity contribution in [2.24, 2.45) is 5.92 Å². The highest BCUT2D eigenvalue weighted by molar-refractivity contribution is 6.29. The Kier molecular flexibility index (Phi) is 4.44. The van der Waals surface area contributed by atoms with Gasteiger partial charge >= 0.3 is 0 Å². The number of hydrogen-bond acceptors (Lipinski definition) is 6. The number of aryl methyl sites for hydroxylation is 1. The molecule has 0 unspecified atom stereocenters. The molecule has 7 nitrogen and oxygen atoms in total. The number of rotatable bonds is 4. The number of amides is 1. The number of hydrogen-bond donors (Lipinski definition) is 1. The van der Waals surface area contributed by atoms with Gasteiger partial charge in [-0.1, -0.05) is 5.16 Å². The van der Waals surface area contributed by atoms with E-state index in [2.05, 4.69) is 15.5 Å². The third-order valence-corrected chi connectivity index (χ3v) is 3.83. The van der Waals surface area contributed by atoms with E-state index in [0.29, 0.717) is 24.9 Å². The molecule has 8 heteroatoms. The smallest absolute Gasteiger partial charge is 0.287 e. The molecule has 3 rings (SSSR count). The number of ether oxygens (including phenoxy) is 1. The summed E-state index contributed by atoms with van der Waals surface area (Å²) in [6.07, 6.45) is 1.62. The van der Waals surface area contributed by atoms with Gasteiger partial charge in [0.15, 0.2) is 16.8 Å². The topological polar surface area (TPSA) is 90.4 Å². The standard InChI is InChI=1S/C14H16ClN3O4/c1-8-16-14(22-18-8)12(9-4-6-20-7-5-9)17-13(19)10-2-3-11(15)21-10/h2-3,9,12H,4-7H2,1H3,(H,17,19)/t12-/m1/s1. The zero-order chi connectivity index (χ0) is 15.5. The maximum Gasteiger partial charge on any atom is 0.287 e. The lowest BCUT2D eigenvalue weighted by atomic mass is 9.91. The second-order valence-electron chi connectivity index (χ2n) is 5.18. The Hall–Kier alpha value is -1.86. The highest BCUT2D eigenvalue weighted by Gasteiger charge is 2.32. The molecular formula is C14H16ClN3O4. The first kappa shape index (κ1) is 15.1. The SMILES string of the molecule is Cc1noc([C@H](NC(=O)c2ccc(Cl)o2)C2CCOCC2)n1. The van der Waals surface area contributed by atoms with Crippen LogP contribution in [0.25, 0.3) is 0 Å². The normalized spacial score (nSPS) is 17.4. The number of nitrogens with one attached hydrogen (secondary N) is 1. The number of furan rings is 1. The van der Waals surface area contributed by atoms with Crippen molar-refractivity contribution in [3.63, 3.8) is 0 Å². The molecule has 1 N–H and O–H groups in total. The Morgan fingerprint density at radius 2 is 2.18 bits per heavy atom. The van der Waals surface area contributed by atoms with Crippen LogP contribution in [0.4, 0.5) is 0 Å². The molecule has 1 amide bonds. The lowest BCUT2D eigenvalue weighted by Crippen LogP contribution is -2.36. The molecule has 0 spiro atoms. The van der Waals surface area contributed by atoms with E-state index < -0.39 is 0 Å². The van der Waals surface area contributed by atoms with Crippen LogP contribution in [0.3, 0.4) is 0 Å². The first-order valence-corrected chi connectivity index (χ1v) is 7.45. The number of nitrogens with zero attached hydrogens (tertiary/aromatic N) is 2. The third kappa shape index (κ3) is 3.31. The molecule has 118 valence electrons. The highest BCUT2D eigenvalue weighted by atomic mass is 35.5. The van der Waals surface area contributed by atoms with Gasteiger partial charge in [-0.2, -0.15) is 4.98 Å². The second-order valence-corrected chi connectivity index (χ2v) is 5.56. The summed E-state index contributed by atoms with van der Waals surface area (Å²) in [5.74, 6) is 0.887. The molecule has 0 aromatic carbocycles. The number of halogens is 1. The van der Waals surface area contributed by atoms with Crippen molar-refractivity contribution in [3.05, 3.63) is 34.8 Å². The summed E-state index contributed by atoms with van der Waals surface area (Å²) in [4.78, 5) is 16.6. The fourth-order valence-electron chi connectivity index (χ4n) is 2.52. The fourth-order valence-corrected chi connectivity index (χ4v) is 2.66. The van der Waals surface area contributed by atoms with Crippen LogP contribution in [0.15, 0.2) is 21.1 Å². The van der Waals surface area contributed by atoms with Gasteiger partial charge in [0, 0.05) is 13.2 Å². The highest BCUT2D eigenvalue weighted by Crippen LogP contribution is 2.29. The van der Waals surface area contributed by atoms with E-state index >= 15 is 0 Å². The number of carbonyl (C=O) groups excluding carboxylic acids is 1. The summed E-state index contributed by atoms with van der Waals surface area (Å²) in [6.45, 7) is 3.04. The Labute approximate surface area is 132 Å². The van der Waals surface area contributed by atoms with Crippen molar-refractivity contribution < 1.29 is 18.5 Å². The Morgan fingerprint density at radius 3 is 2.77 bits per heavy atom. The number of carbonyl (C=O) groups is 1. The molecule has 0 aliphatic carbocycles. The predicted octanol–water partition coefficient (Wildman–Crippen LogP) is 2.52. The lowest BCUT2D eigenvalue weighted by Gasteiger charge is -2.28. The van der Waals surface area contributed by atoms with Gasteiger partial charge in [0.1, 0.15) is 6.04 Å². The van der Waals surface area contributed by atoms with Crippen LogP contribution < -0.4 is 5.32 Å². The molecule has 0 bridgehead atoms. The number of aromatic nitrogens is 2. The third-order valence-electron chi connectivity index (χ3n) is 3.63. The minimum Gasteiger partial charge on any atom is -0.440 e. The summed E-state index contributed by atoms with van der Waals surface area (Å²) in [7, 11) is 0. The maximum atomic E-state index is 12.3. The minimum absolute atomic E-state index is 0.151. The summed E-state index contributed by atoms with van der Waals surface area (Å²) in [5, 5.41) is 6.87. The summed E-state index contributed by atoms with van der Waals surface area (Å²) in [5.41, 5.74) is 0. The molecular weight excluding hydrogens is 310 g/mol. The monoisotopic (exact) mass is 325 g/mol. The molecule has 1 saturated heterocycles. The average Bonchev–Trinajstić information content (AvgIpc) is 3.14. The van der Waals surface area contributed by atoms with Crippen molar-refractivity contribution in [1.82, 2.24) is 15.5 Å². The van der Waals surface area contributed by atoms with Crippen LogP contribution in [0.2, 0.25) is 5.22 Å². The molecule has 0 radical (unpaired) electrons. The van der Waals surface area contributed by atoms with Crippen LogP contribution in [0.5, 0.6) is 0 Å². The van der Waals surface area contributed by atoms with Gasteiger partial charge in [0.2, 0.25) is 5.89 Å². The molecule has 22 heavy (non-hydrogen) atoms. The molecule has 0 saturated carbocycles. The maximum absolute atomic E-state index is 12.3.